The second-order valence-corrected chi connectivity index (χ2v) is 6.80. The van der Waals surface area contributed by atoms with E-state index in [9.17, 15) is 9.59 Å². The quantitative estimate of drug-likeness (QED) is 0.488. The molecule has 3 aromatic carbocycles. The number of H-pyrrole nitrogens is 1. The first-order valence-electron chi connectivity index (χ1n) is 9.14. The van der Waals surface area contributed by atoms with E-state index in [2.05, 4.69) is 21.6 Å². The van der Waals surface area contributed by atoms with E-state index in [1.54, 1.807) is 12.1 Å². The SMILES string of the molecule is COc1c(C(=O)NC(C)C(N)=O)ccc2n[nH]c(-c3ccc4ccccc4c3)c12. The van der Waals surface area contributed by atoms with E-state index in [0.717, 1.165) is 22.0 Å². The van der Waals surface area contributed by atoms with Crippen molar-refractivity contribution in [2.75, 3.05) is 7.11 Å². The zero-order chi connectivity index (χ0) is 20.5. The van der Waals surface area contributed by atoms with Gasteiger partial charge in [0.2, 0.25) is 5.91 Å². The number of nitrogens with zero attached hydrogens (tertiary/aromatic N) is 1. The zero-order valence-electron chi connectivity index (χ0n) is 16.0. The van der Waals surface area contributed by atoms with Crippen LogP contribution in [0.4, 0.5) is 0 Å². The van der Waals surface area contributed by atoms with Crippen molar-refractivity contribution in [1.29, 1.82) is 0 Å². The molecule has 0 radical (unpaired) electrons. The molecule has 0 saturated heterocycles. The van der Waals surface area contributed by atoms with E-state index in [1.165, 1.54) is 14.0 Å². The Bertz CT molecular complexity index is 1250. The zero-order valence-corrected chi connectivity index (χ0v) is 16.0. The number of aromatic nitrogens is 2. The van der Waals surface area contributed by atoms with Gasteiger partial charge in [-0.05, 0) is 35.9 Å². The van der Waals surface area contributed by atoms with Gasteiger partial charge < -0.3 is 15.8 Å². The van der Waals surface area contributed by atoms with Gasteiger partial charge in [-0.3, -0.25) is 14.7 Å². The topological polar surface area (TPSA) is 110 Å². The summed E-state index contributed by atoms with van der Waals surface area (Å²) in [6.07, 6.45) is 0. The fourth-order valence-corrected chi connectivity index (χ4v) is 3.37. The summed E-state index contributed by atoms with van der Waals surface area (Å²) in [5.74, 6) is -0.673. The maximum atomic E-state index is 12.7. The number of hydrogen-bond acceptors (Lipinski definition) is 4. The van der Waals surface area contributed by atoms with E-state index < -0.39 is 17.9 Å². The second kappa shape index (κ2) is 7.27. The molecule has 0 aliphatic carbocycles. The van der Waals surface area contributed by atoms with Gasteiger partial charge in [-0.2, -0.15) is 5.10 Å². The number of aromatic amines is 1. The number of primary amides is 1. The van der Waals surface area contributed by atoms with Crippen molar-refractivity contribution in [2.24, 2.45) is 5.73 Å². The van der Waals surface area contributed by atoms with Crippen molar-refractivity contribution in [1.82, 2.24) is 15.5 Å². The predicted molar refractivity (Wildman–Crippen MR) is 112 cm³/mol. The lowest BCUT2D eigenvalue weighted by molar-refractivity contribution is -0.119. The van der Waals surface area contributed by atoms with Gasteiger partial charge in [-0.25, -0.2) is 0 Å². The third-order valence-electron chi connectivity index (χ3n) is 4.94. The van der Waals surface area contributed by atoms with Gasteiger partial charge in [0, 0.05) is 5.56 Å². The van der Waals surface area contributed by atoms with Crippen LogP contribution >= 0.6 is 0 Å². The lowest BCUT2D eigenvalue weighted by Crippen LogP contribution is -2.42. The highest BCUT2D eigenvalue weighted by Gasteiger charge is 2.22. The molecule has 4 rings (SSSR count). The van der Waals surface area contributed by atoms with Crippen LogP contribution in [0.3, 0.4) is 0 Å². The second-order valence-electron chi connectivity index (χ2n) is 6.80. The lowest BCUT2D eigenvalue weighted by atomic mass is 10.0. The molecule has 0 spiro atoms. The average molecular weight is 388 g/mol. The monoisotopic (exact) mass is 388 g/mol. The predicted octanol–water partition coefficient (Wildman–Crippen LogP) is 3.00. The number of amides is 2. The van der Waals surface area contributed by atoms with E-state index in [4.69, 9.17) is 10.5 Å². The normalized spacial score (nSPS) is 12.1. The number of hydrogen-bond donors (Lipinski definition) is 3. The summed E-state index contributed by atoms with van der Waals surface area (Å²) in [6.45, 7) is 1.53. The minimum atomic E-state index is -0.799. The van der Waals surface area contributed by atoms with Crippen LogP contribution < -0.4 is 15.8 Å². The largest absolute Gasteiger partial charge is 0.495 e. The van der Waals surface area contributed by atoms with E-state index >= 15 is 0 Å². The van der Waals surface area contributed by atoms with E-state index in [0.29, 0.717) is 22.2 Å². The fraction of sp³-hybridized carbons (Fsp3) is 0.136. The summed E-state index contributed by atoms with van der Waals surface area (Å²) in [5.41, 5.74) is 7.90. The Morgan fingerprint density at radius 1 is 1.10 bits per heavy atom. The number of nitrogens with one attached hydrogen (secondary N) is 2. The molecule has 0 fully saturated rings. The first kappa shape index (κ1) is 18.5. The van der Waals surface area contributed by atoms with Crippen molar-refractivity contribution in [3.63, 3.8) is 0 Å². The van der Waals surface area contributed by atoms with Crippen LogP contribution in [-0.2, 0) is 4.79 Å². The first-order valence-corrected chi connectivity index (χ1v) is 9.14. The number of rotatable bonds is 5. The summed E-state index contributed by atoms with van der Waals surface area (Å²) in [5, 5.41) is 12.9. The third kappa shape index (κ3) is 3.27. The summed E-state index contributed by atoms with van der Waals surface area (Å²) >= 11 is 0. The standard InChI is InChI=1S/C22H20N4O3/c1-12(21(23)27)24-22(28)16-9-10-17-18(20(16)29-2)19(26-25-17)15-8-7-13-5-3-4-6-14(13)11-15/h3-12H,1-2H3,(H2,23,27)(H,24,28)(H,25,26). The number of nitrogens with two attached hydrogens (primary N) is 1. The minimum absolute atomic E-state index is 0.302. The molecule has 4 N–H and O–H groups in total. The Kier molecular flexibility index (Phi) is 4.64. The summed E-state index contributed by atoms with van der Waals surface area (Å²) in [4.78, 5) is 24.0. The molecule has 146 valence electrons. The number of carbonyl (C=O) groups excluding carboxylic acids is 2. The molecule has 29 heavy (non-hydrogen) atoms. The van der Waals surface area contributed by atoms with E-state index in [1.807, 2.05) is 36.4 Å². The molecule has 0 aliphatic heterocycles. The molecule has 7 heteroatoms. The highest BCUT2D eigenvalue weighted by atomic mass is 16.5. The summed E-state index contributed by atoms with van der Waals surface area (Å²) < 4.78 is 5.59. The summed E-state index contributed by atoms with van der Waals surface area (Å²) in [6, 6.07) is 16.7. The number of fused-ring (bicyclic) bond motifs is 2. The Labute approximate surface area is 166 Å². The van der Waals surface area contributed by atoms with Crippen molar-refractivity contribution >= 4 is 33.5 Å². The molecule has 1 unspecified atom stereocenters. The van der Waals surface area contributed by atoms with Crippen molar-refractivity contribution < 1.29 is 14.3 Å². The van der Waals surface area contributed by atoms with Crippen LogP contribution in [0.15, 0.2) is 54.6 Å². The van der Waals surface area contributed by atoms with Gasteiger partial charge in [0.05, 0.1) is 29.3 Å². The van der Waals surface area contributed by atoms with Gasteiger partial charge in [-0.1, -0.05) is 36.4 Å². The number of carbonyl (C=O) groups is 2. The first-order chi connectivity index (χ1) is 14.0. The average Bonchev–Trinajstić information content (AvgIpc) is 3.16. The van der Waals surface area contributed by atoms with Crippen LogP contribution in [0.5, 0.6) is 5.75 Å². The number of ether oxygens (including phenoxy) is 1. The van der Waals surface area contributed by atoms with Crippen LogP contribution in [0.2, 0.25) is 0 Å². The molecule has 1 heterocycles. The molecular formula is C22H20N4O3. The highest BCUT2D eigenvalue weighted by molar-refractivity contribution is 6.08. The highest BCUT2D eigenvalue weighted by Crippen LogP contribution is 2.37. The van der Waals surface area contributed by atoms with E-state index in [-0.39, 0.29) is 0 Å². The van der Waals surface area contributed by atoms with Crippen LogP contribution in [0.25, 0.3) is 32.9 Å². The Morgan fingerprint density at radius 2 is 1.86 bits per heavy atom. The third-order valence-corrected chi connectivity index (χ3v) is 4.94. The molecule has 7 nitrogen and oxygen atoms in total. The van der Waals surface area contributed by atoms with Crippen molar-refractivity contribution in [3.8, 4) is 17.0 Å². The molecule has 0 bridgehead atoms. The van der Waals surface area contributed by atoms with Crippen LogP contribution in [-0.4, -0.2) is 35.2 Å². The maximum Gasteiger partial charge on any atom is 0.255 e. The van der Waals surface area contributed by atoms with Crippen LogP contribution in [0.1, 0.15) is 17.3 Å². The molecule has 0 aliphatic rings. The van der Waals surface area contributed by atoms with Gasteiger partial charge in [0.15, 0.2) is 0 Å². The Hall–Kier alpha value is -3.87. The van der Waals surface area contributed by atoms with Crippen molar-refractivity contribution in [2.45, 2.75) is 13.0 Å². The van der Waals surface area contributed by atoms with Gasteiger partial charge in [-0.15, -0.1) is 0 Å². The summed E-state index contributed by atoms with van der Waals surface area (Å²) in [7, 11) is 1.50. The Balaban J connectivity index is 1.85. The Morgan fingerprint density at radius 3 is 2.59 bits per heavy atom. The fourth-order valence-electron chi connectivity index (χ4n) is 3.37. The van der Waals surface area contributed by atoms with Gasteiger partial charge in [0.1, 0.15) is 11.8 Å². The molecule has 1 atom stereocenters. The number of benzene rings is 3. The molecule has 2 amide bonds. The molecular weight excluding hydrogens is 368 g/mol. The van der Waals surface area contributed by atoms with Gasteiger partial charge >= 0.3 is 0 Å². The molecule has 1 aromatic heterocycles. The van der Waals surface area contributed by atoms with Crippen LogP contribution in [0, 0.1) is 0 Å². The number of methoxy groups -OCH3 is 1. The molecule has 4 aromatic rings. The lowest BCUT2D eigenvalue weighted by Gasteiger charge is -2.14. The van der Waals surface area contributed by atoms with Crippen molar-refractivity contribution in [3.05, 3.63) is 60.2 Å². The smallest absolute Gasteiger partial charge is 0.255 e. The van der Waals surface area contributed by atoms with Gasteiger partial charge in [0.25, 0.3) is 5.91 Å². The molecule has 0 saturated carbocycles. The minimum Gasteiger partial charge on any atom is -0.495 e. The maximum absolute atomic E-state index is 12.7.